The summed E-state index contributed by atoms with van der Waals surface area (Å²) in [4.78, 5) is 2.58. The number of thiophene rings is 1. The molecular formula is C8H12BrNS. The maximum absolute atomic E-state index is 5.89. The molecule has 2 N–H and O–H groups in total. The van der Waals surface area contributed by atoms with Gasteiger partial charge in [0.2, 0.25) is 0 Å². The van der Waals surface area contributed by atoms with Crippen molar-refractivity contribution >= 4 is 27.3 Å². The number of nitrogens with two attached hydrogens (primary N) is 1. The lowest BCUT2D eigenvalue weighted by atomic mass is 10.2. The van der Waals surface area contributed by atoms with Gasteiger partial charge < -0.3 is 5.73 Å². The monoisotopic (exact) mass is 233 g/mol. The Morgan fingerprint density at radius 3 is 2.73 bits per heavy atom. The highest BCUT2D eigenvalue weighted by atomic mass is 79.9. The van der Waals surface area contributed by atoms with Crippen LogP contribution in [-0.2, 0) is 0 Å². The van der Waals surface area contributed by atoms with E-state index in [2.05, 4.69) is 35.8 Å². The van der Waals surface area contributed by atoms with Crippen LogP contribution < -0.4 is 5.73 Å². The van der Waals surface area contributed by atoms with E-state index in [4.69, 9.17) is 5.73 Å². The van der Waals surface area contributed by atoms with Crippen molar-refractivity contribution in [3.63, 3.8) is 0 Å². The van der Waals surface area contributed by atoms with Crippen molar-refractivity contribution in [1.29, 1.82) is 0 Å². The van der Waals surface area contributed by atoms with Crippen LogP contribution >= 0.6 is 27.3 Å². The molecule has 0 aliphatic carbocycles. The van der Waals surface area contributed by atoms with Crippen LogP contribution in [0.25, 0.3) is 0 Å². The fraction of sp³-hybridized carbons (Fsp3) is 0.500. The molecular weight excluding hydrogens is 222 g/mol. The average molecular weight is 234 g/mol. The summed E-state index contributed by atoms with van der Waals surface area (Å²) in [5.74, 6) is 0. The summed E-state index contributed by atoms with van der Waals surface area (Å²) >= 11 is 5.26. The Hall–Kier alpha value is 0.140. The first-order valence-corrected chi connectivity index (χ1v) is 5.27. The van der Waals surface area contributed by atoms with Crippen molar-refractivity contribution in [2.45, 2.75) is 26.3 Å². The molecule has 0 spiro atoms. The molecule has 0 aliphatic rings. The van der Waals surface area contributed by atoms with E-state index in [1.807, 2.05) is 0 Å². The molecule has 1 aromatic heterocycles. The van der Waals surface area contributed by atoms with Crippen LogP contribution in [0.15, 0.2) is 10.5 Å². The SMILES string of the molecule is CC[C@H](N)c1sc(C)cc1Br. The molecule has 0 fully saturated rings. The topological polar surface area (TPSA) is 26.0 Å². The third-order valence-electron chi connectivity index (χ3n) is 1.61. The molecule has 0 amide bonds. The van der Waals surface area contributed by atoms with E-state index >= 15 is 0 Å². The Balaban J connectivity index is 2.93. The zero-order valence-corrected chi connectivity index (χ0v) is 9.13. The zero-order chi connectivity index (χ0) is 8.43. The Morgan fingerprint density at radius 2 is 2.36 bits per heavy atom. The van der Waals surface area contributed by atoms with Crippen LogP contribution in [0, 0.1) is 6.92 Å². The van der Waals surface area contributed by atoms with Gasteiger partial charge in [-0.25, -0.2) is 0 Å². The van der Waals surface area contributed by atoms with E-state index in [1.165, 1.54) is 9.75 Å². The van der Waals surface area contributed by atoms with E-state index in [1.54, 1.807) is 11.3 Å². The Kier molecular flexibility index (Phi) is 3.10. The molecule has 0 aromatic carbocycles. The molecule has 62 valence electrons. The van der Waals surface area contributed by atoms with E-state index in [-0.39, 0.29) is 6.04 Å². The van der Waals surface area contributed by atoms with Crippen LogP contribution in [0.5, 0.6) is 0 Å². The molecule has 1 heterocycles. The number of halogens is 1. The third kappa shape index (κ3) is 2.04. The van der Waals surface area contributed by atoms with Gasteiger partial charge in [0, 0.05) is 20.3 Å². The van der Waals surface area contributed by atoms with Gasteiger partial charge in [-0.2, -0.15) is 0 Å². The Morgan fingerprint density at radius 1 is 1.73 bits per heavy atom. The summed E-state index contributed by atoms with van der Waals surface area (Å²) in [6.45, 7) is 4.20. The molecule has 1 aromatic rings. The molecule has 0 bridgehead atoms. The van der Waals surface area contributed by atoms with Gasteiger partial charge in [0.1, 0.15) is 0 Å². The maximum atomic E-state index is 5.89. The molecule has 1 atom stereocenters. The Bertz CT molecular complexity index is 244. The quantitative estimate of drug-likeness (QED) is 0.835. The van der Waals surface area contributed by atoms with Crippen LogP contribution in [0.3, 0.4) is 0 Å². The van der Waals surface area contributed by atoms with Crippen molar-refractivity contribution in [3.8, 4) is 0 Å². The number of aryl methyl sites for hydroxylation is 1. The van der Waals surface area contributed by atoms with Gasteiger partial charge in [0.25, 0.3) is 0 Å². The molecule has 1 nitrogen and oxygen atoms in total. The molecule has 3 heteroatoms. The minimum Gasteiger partial charge on any atom is -0.323 e. The first-order valence-electron chi connectivity index (χ1n) is 3.66. The van der Waals surface area contributed by atoms with Crippen molar-refractivity contribution in [2.75, 3.05) is 0 Å². The number of rotatable bonds is 2. The van der Waals surface area contributed by atoms with Crippen molar-refractivity contribution in [3.05, 3.63) is 20.3 Å². The van der Waals surface area contributed by atoms with Crippen molar-refractivity contribution in [1.82, 2.24) is 0 Å². The Labute approximate surface area is 79.7 Å². The highest BCUT2D eigenvalue weighted by Crippen LogP contribution is 2.32. The van der Waals surface area contributed by atoms with Gasteiger partial charge >= 0.3 is 0 Å². The lowest BCUT2D eigenvalue weighted by molar-refractivity contribution is 0.709. The van der Waals surface area contributed by atoms with Crippen LogP contribution in [0.4, 0.5) is 0 Å². The van der Waals surface area contributed by atoms with Gasteiger partial charge in [-0.1, -0.05) is 6.92 Å². The molecule has 1 rings (SSSR count). The minimum absolute atomic E-state index is 0.197. The highest BCUT2D eigenvalue weighted by Gasteiger charge is 2.10. The van der Waals surface area contributed by atoms with E-state index in [9.17, 15) is 0 Å². The molecule has 0 unspecified atom stereocenters. The molecule has 0 radical (unpaired) electrons. The first-order chi connectivity index (χ1) is 5.15. The van der Waals surface area contributed by atoms with Crippen LogP contribution in [-0.4, -0.2) is 0 Å². The van der Waals surface area contributed by atoms with Crippen molar-refractivity contribution < 1.29 is 0 Å². The van der Waals surface area contributed by atoms with E-state index in [0.717, 1.165) is 10.9 Å². The second-order valence-electron chi connectivity index (χ2n) is 2.58. The lowest BCUT2D eigenvalue weighted by Crippen LogP contribution is -2.06. The summed E-state index contributed by atoms with van der Waals surface area (Å²) in [7, 11) is 0. The summed E-state index contributed by atoms with van der Waals surface area (Å²) in [6, 6.07) is 2.32. The minimum atomic E-state index is 0.197. The highest BCUT2D eigenvalue weighted by molar-refractivity contribution is 9.10. The fourth-order valence-corrected chi connectivity index (χ4v) is 2.97. The van der Waals surface area contributed by atoms with E-state index < -0.39 is 0 Å². The molecule has 0 aliphatic heterocycles. The average Bonchev–Trinajstić information content (AvgIpc) is 2.28. The smallest absolute Gasteiger partial charge is 0.0398 e. The maximum Gasteiger partial charge on any atom is 0.0398 e. The summed E-state index contributed by atoms with van der Waals surface area (Å²) in [5, 5.41) is 0. The summed E-state index contributed by atoms with van der Waals surface area (Å²) in [6.07, 6.45) is 0.999. The fourth-order valence-electron chi connectivity index (χ4n) is 0.939. The van der Waals surface area contributed by atoms with E-state index in [0.29, 0.717) is 0 Å². The van der Waals surface area contributed by atoms with Gasteiger partial charge in [-0.05, 0) is 35.3 Å². The largest absolute Gasteiger partial charge is 0.323 e. The predicted molar refractivity (Wildman–Crippen MR) is 54.0 cm³/mol. The van der Waals surface area contributed by atoms with Gasteiger partial charge in [0.05, 0.1) is 0 Å². The van der Waals surface area contributed by atoms with Crippen molar-refractivity contribution in [2.24, 2.45) is 5.73 Å². The number of hydrogen-bond donors (Lipinski definition) is 1. The standard InChI is InChI=1S/C8H12BrNS/c1-3-7(10)8-6(9)4-5(2)11-8/h4,7H,3,10H2,1-2H3/t7-/m0/s1. The second kappa shape index (κ2) is 3.70. The predicted octanol–water partition coefficient (Wildman–Crippen LogP) is 3.23. The lowest BCUT2D eigenvalue weighted by Gasteiger charge is -2.05. The second-order valence-corrected chi connectivity index (χ2v) is 4.73. The summed E-state index contributed by atoms with van der Waals surface area (Å²) in [5.41, 5.74) is 5.89. The summed E-state index contributed by atoms with van der Waals surface area (Å²) < 4.78 is 1.16. The van der Waals surface area contributed by atoms with Gasteiger partial charge in [0.15, 0.2) is 0 Å². The van der Waals surface area contributed by atoms with Gasteiger partial charge in [-0.15, -0.1) is 11.3 Å². The molecule has 0 saturated carbocycles. The van der Waals surface area contributed by atoms with Gasteiger partial charge in [-0.3, -0.25) is 0 Å². The third-order valence-corrected chi connectivity index (χ3v) is 3.71. The normalized spacial score (nSPS) is 13.5. The molecule has 11 heavy (non-hydrogen) atoms. The number of hydrogen-bond acceptors (Lipinski definition) is 2. The molecule has 0 saturated heterocycles. The van der Waals surface area contributed by atoms with Crippen LogP contribution in [0.2, 0.25) is 0 Å². The van der Waals surface area contributed by atoms with Crippen LogP contribution in [0.1, 0.15) is 29.1 Å². The first kappa shape index (κ1) is 9.23. The zero-order valence-electron chi connectivity index (χ0n) is 6.73.